The molecule has 0 unspecified atom stereocenters. The maximum atomic E-state index is 14.5. The van der Waals surface area contributed by atoms with Gasteiger partial charge in [-0.2, -0.15) is 0 Å². The Morgan fingerprint density at radius 1 is 0.617 bits per heavy atom. The van der Waals surface area contributed by atoms with Crippen molar-refractivity contribution < 1.29 is 58.2 Å². The van der Waals surface area contributed by atoms with E-state index in [9.17, 15) is 58.2 Å². The second kappa shape index (κ2) is 33.1. The first-order chi connectivity index (χ1) is 38.5. The van der Waals surface area contributed by atoms with Gasteiger partial charge in [-0.3, -0.25) is 48.1 Å². The molecule has 1 aromatic carbocycles. The number of carboxylic acid groups (broad SMARTS) is 1. The van der Waals surface area contributed by atoms with Crippen LogP contribution < -0.4 is 54.8 Å². The van der Waals surface area contributed by atoms with Crippen LogP contribution in [0.15, 0.2) is 35.3 Å². The summed E-state index contributed by atoms with van der Waals surface area (Å²) in [5.41, 5.74) is 23.8. The number of carbonyl (C=O) groups is 10. The predicted octanol–water partition coefficient (Wildman–Crippen LogP) is -1.80. The molecule has 26 heteroatoms. The third-order valence-corrected chi connectivity index (χ3v) is 14.9. The molecule has 0 aliphatic carbocycles. The first kappa shape index (κ1) is 66.6. The fourth-order valence-electron chi connectivity index (χ4n) is 10.5. The minimum Gasteiger partial charge on any atom is -0.480 e. The molecule has 9 amide bonds. The summed E-state index contributed by atoms with van der Waals surface area (Å²) in [6, 6.07) is -2.73. The van der Waals surface area contributed by atoms with Crippen LogP contribution in [0.2, 0.25) is 0 Å². The molecule has 26 nitrogen and oxygen atoms in total. The summed E-state index contributed by atoms with van der Waals surface area (Å²) in [5.74, 6) is -8.15. The van der Waals surface area contributed by atoms with E-state index in [-0.39, 0.29) is 95.3 Å². The SMILES string of the molecule is CCCC[C@H](N)C(=O)N1CCC[C@H]1C(=O)N[C@@H](CC(C)C)C(=O)N[C@@H](CCCN)C(=O)N[C@@H](CO)C(=O)N[C@@H](CCCN=C(N)N)C(=O)N[C@H](C(=O)N1CCC[C@H]1C(=O)N[C@@H](Cc1ccccc1)C(=O)N1CCC[C@H]1C(=O)O)C(C)C. The van der Waals surface area contributed by atoms with Gasteiger partial charge in [0.2, 0.25) is 53.2 Å². The molecule has 16 N–H and O–H groups in total. The number of aliphatic imine (C=N–C) groups is 1. The highest BCUT2D eigenvalue weighted by molar-refractivity contribution is 5.99. The standard InChI is InChI=1S/C55H90N14O12/c1-6-7-18-35(57)51(77)67-26-13-21-41(67)49(75)63-38(29-32(2)3)47(73)61-36(19-11-24-56)45(71)65-40(31-70)48(74)62-37(20-12-25-60-55(58)59)46(72)66-44(33(4)5)53(79)68-27-14-22-42(68)50(76)64-39(30-34-16-9-8-10-17-34)52(78)69-28-15-23-43(69)54(80)81/h8-10,16-17,32-33,35-44,70H,6-7,11-15,18-31,56-57H2,1-5H3,(H,61,73)(H,62,74)(H,63,75)(H,64,76)(H,65,71)(H,66,72)(H,80,81)(H4,58,59,60)/t35-,36-,37-,38-,39-,40-,41-,42-,43-,44-/m0/s1. The number of rotatable bonds is 32. The highest BCUT2D eigenvalue weighted by atomic mass is 16.4. The van der Waals surface area contributed by atoms with E-state index >= 15 is 0 Å². The van der Waals surface area contributed by atoms with Crippen molar-refractivity contribution in [1.29, 1.82) is 0 Å². The van der Waals surface area contributed by atoms with E-state index in [0.717, 1.165) is 12.8 Å². The zero-order valence-corrected chi connectivity index (χ0v) is 47.7. The van der Waals surface area contributed by atoms with E-state index in [2.05, 4.69) is 36.9 Å². The largest absolute Gasteiger partial charge is 0.480 e. The molecule has 4 rings (SSSR count). The van der Waals surface area contributed by atoms with Crippen LogP contribution in [0.5, 0.6) is 0 Å². The fourth-order valence-corrected chi connectivity index (χ4v) is 10.5. The first-order valence-corrected chi connectivity index (χ1v) is 28.6. The Bertz CT molecular complexity index is 2340. The quantitative estimate of drug-likeness (QED) is 0.0215. The third-order valence-electron chi connectivity index (χ3n) is 14.9. The van der Waals surface area contributed by atoms with Crippen molar-refractivity contribution >= 4 is 65.1 Å². The van der Waals surface area contributed by atoms with Crippen molar-refractivity contribution in [3.05, 3.63) is 35.9 Å². The van der Waals surface area contributed by atoms with Crippen LogP contribution in [0, 0.1) is 11.8 Å². The van der Waals surface area contributed by atoms with Crippen molar-refractivity contribution in [2.24, 2.45) is 39.8 Å². The number of hydrogen-bond donors (Lipinski definition) is 12. The van der Waals surface area contributed by atoms with Crippen molar-refractivity contribution in [3.63, 3.8) is 0 Å². The molecule has 0 saturated carbocycles. The van der Waals surface area contributed by atoms with Gasteiger partial charge in [-0.1, -0.05) is 77.8 Å². The van der Waals surface area contributed by atoms with E-state index in [1.165, 1.54) is 14.7 Å². The molecule has 3 aliphatic heterocycles. The van der Waals surface area contributed by atoms with E-state index in [1.807, 2.05) is 20.8 Å². The Balaban J connectivity index is 1.50. The topological polar surface area (TPSA) is 409 Å². The van der Waals surface area contributed by atoms with Gasteiger partial charge in [-0.15, -0.1) is 0 Å². The number of benzene rings is 1. The molecule has 1 aromatic rings. The van der Waals surface area contributed by atoms with Crippen LogP contribution >= 0.6 is 0 Å². The van der Waals surface area contributed by atoms with E-state index in [1.54, 1.807) is 44.2 Å². The third kappa shape index (κ3) is 19.9. The zero-order valence-electron chi connectivity index (χ0n) is 47.7. The Kier molecular flexibility index (Phi) is 27.2. The average molecular weight is 1140 g/mol. The number of amides is 9. The summed E-state index contributed by atoms with van der Waals surface area (Å²) in [6.07, 6.45) is 4.88. The van der Waals surface area contributed by atoms with Gasteiger partial charge >= 0.3 is 5.97 Å². The summed E-state index contributed by atoms with van der Waals surface area (Å²) >= 11 is 0. The zero-order chi connectivity index (χ0) is 59.9. The summed E-state index contributed by atoms with van der Waals surface area (Å²) in [6.45, 7) is 8.90. The molecule has 3 fully saturated rings. The maximum Gasteiger partial charge on any atom is 0.326 e. The molecule has 0 spiro atoms. The number of aliphatic hydroxyl groups excluding tert-OH is 1. The molecule has 0 aromatic heterocycles. The van der Waals surface area contributed by atoms with E-state index < -0.39 is 126 Å². The number of carboxylic acids is 1. The van der Waals surface area contributed by atoms with Gasteiger partial charge in [0.1, 0.15) is 54.4 Å². The summed E-state index contributed by atoms with van der Waals surface area (Å²) in [7, 11) is 0. The minimum atomic E-state index is -1.67. The predicted molar refractivity (Wildman–Crippen MR) is 301 cm³/mol. The van der Waals surface area contributed by atoms with Crippen LogP contribution in [0.3, 0.4) is 0 Å². The summed E-state index contributed by atoms with van der Waals surface area (Å²) in [4.78, 5) is 146. The Morgan fingerprint density at radius 2 is 1.11 bits per heavy atom. The number of likely N-dealkylation sites (tertiary alicyclic amines) is 3. The Hall–Kier alpha value is -6.93. The van der Waals surface area contributed by atoms with Gasteiger partial charge in [0.25, 0.3) is 0 Å². The van der Waals surface area contributed by atoms with Crippen LogP contribution in [-0.4, -0.2) is 190 Å². The lowest BCUT2D eigenvalue weighted by molar-refractivity contribution is -0.150. The van der Waals surface area contributed by atoms with Gasteiger partial charge in [-0.05, 0) is 101 Å². The van der Waals surface area contributed by atoms with Gasteiger partial charge in [0, 0.05) is 32.6 Å². The molecule has 0 bridgehead atoms. The van der Waals surface area contributed by atoms with Crippen LogP contribution in [-0.2, 0) is 54.4 Å². The number of hydrogen-bond acceptors (Lipinski definition) is 14. The van der Waals surface area contributed by atoms with Gasteiger partial charge in [0.15, 0.2) is 5.96 Å². The van der Waals surface area contributed by atoms with E-state index in [0.29, 0.717) is 44.2 Å². The molecule has 3 heterocycles. The molecule has 3 saturated heterocycles. The minimum absolute atomic E-state index is 0.00503. The van der Waals surface area contributed by atoms with E-state index in [4.69, 9.17) is 22.9 Å². The van der Waals surface area contributed by atoms with Gasteiger partial charge in [0.05, 0.1) is 12.6 Å². The average Bonchev–Trinajstić information content (AvgIpc) is 4.28. The van der Waals surface area contributed by atoms with Crippen molar-refractivity contribution in [2.75, 3.05) is 39.3 Å². The lowest BCUT2D eigenvalue weighted by atomic mass is 10.0. The monoisotopic (exact) mass is 1140 g/mol. The summed E-state index contributed by atoms with van der Waals surface area (Å²) < 4.78 is 0. The number of aliphatic carboxylic acids is 1. The normalized spacial score (nSPS) is 19.6. The molecule has 3 aliphatic rings. The fraction of sp³-hybridized carbons (Fsp3) is 0.691. The summed E-state index contributed by atoms with van der Waals surface area (Å²) in [5, 5.41) is 36.5. The lowest BCUT2D eigenvalue weighted by Gasteiger charge is -2.33. The van der Waals surface area contributed by atoms with Crippen molar-refractivity contribution in [2.45, 2.75) is 191 Å². The lowest BCUT2D eigenvalue weighted by Crippen LogP contribution is -2.61. The molecular formula is C55H90N14O12. The second-order valence-corrected chi connectivity index (χ2v) is 22.1. The molecule has 10 atom stereocenters. The number of guanidine groups is 1. The van der Waals surface area contributed by atoms with Crippen LogP contribution in [0.1, 0.15) is 130 Å². The van der Waals surface area contributed by atoms with Crippen LogP contribution in [0.25, 0.3) is 0 Å². The van der Waals surface area contributed by atoms with Crippen LogP contribution in [0.4, 0.5) is 0 Å². The first-order valence-electron chi connectivity index (χ1n) is 28.6. The number of unbranched alkanes of at least 4 members (excludes halogenated alkanes) is 1. The molecule has 452 valence electrons. The van der Waals surface area contributed by atoms with Gasteiger partial charge < -0.3 is 79.7 Å². The Labute approximate surface area is 474 Å². The number of nitrogens with zero attached hydrogens (tertiary/aromatic N) is 4. The molecular weight excluding hydrogens is 1050 g/mol. The van der Waals surface area contributed by atoms with Gasteiger partial charge in [-0.25, -0.2) is 4.79 Å². The smallest absolute Gasteiger partial charge is 0.326 e. The Morgan fingerprint density at radius 3 is 1.63 bits per heavy atom. The highest BCUT2D eigenvalue weighted by Gasteiger charge is 2.43. The maximum absolute atomic E-state index is 14.5. The number of nitrogens with one attached hydrogen (secondary N) is 6. The van der Waals surface area contributed by atoms with Crippen molar-refractivity contribution in [1.82, 2.24) is 46.6 Å². The number of aliphatic hydroxyl groups is 1. The van der Waals surface area contributed by atoms with Crippen molar-refractivity contribution in [3.8, 4) is 0 Å². The second-order valence-electron chi connectivity index (χ2n) is 22.1. The molecule has 0 radical (unpaired) electrons. The number of nitrogens with two attached hydrogens (primary N) is 4. The number of carbonyl (C=O) groups excluding carboxylic acids is 9. The molecule has 81 heavy (non-hydrogen) atoms. The highest BCUT2D eigenvalue weighted by Crippen LogP contribution is 2.24.